The number of amides is 1. The molecule has 3 aromatic carbocycles. The Morgan fingerprint density at radius 2 is 1.47 bits per heavy atom. The number of benzene rings is 3. The average molecular weight is 596 g/mol. The number of ether oxygens (including phenoxy) is 1. The number of nitriles is 3. The molecule has 4 rings (SSSR count). The van der Waals surface area contributed by atoms with Crippen LogP contribution in [0.4, 0.5) is 5.69 Å². The topological polar surface area (TPSA) is 104 Å². The van der Waals surface area contributed by atoms with Crippen LogP contribution in [-0.4, -0.2) is 23.9 Å². The summed E-state index contributed by atoms with van der Waals surface area (Å²) in [4.78, 5) is 17.5. The molecule has 0 unspecified atom stereocenters. The van der Waals surface area contributed by atoms with Gasteiger partial charge in [-0.25, -0.2) is 0 Å². The molecule has 1 amide bonds. The maximum atomic E-state index is 13.8. The van der Waals surface area contributed by atoms with Crippen LogP contribution < -0.4 is 9.64 Å². The number of allylic oxidation sites excluding steroid dienone is 2. The fraction of sp³-hybridized carbons (Fsp3) is 0.263. The zero-order valence-electron chi connectivity index (χ0n) is 25.9. The molecule has 1 heterocycles. The third kappa shape index (κ3) is 8.08. The van der Waals surface area contributed by atoms with E-state index < -0.39 is 5.91 Å². The van der Waals surface area contributed by atoms with Crippen molar-refractivity contribution in [2.45, 2.75) is 52.7 Å². The van der Waals surface area contributed by atoms with Crippen LogP contribution in [0, 0.1) is 34.0 Å². The van der Waals surface area contributed by atoms with Gasteiger partial charge >= 0.3 is 0 Å². The number of nitrogens with zero attached hydrogens (tertiary/aromatic N) is 5. The lowest BCUT2D eigenvalue weighted by molar-refractivity contribution is -0.124. The molecule has 0 saturated carbocycles. The molecule has 45 heavy (non-hydrogen) atoms. The highest BCUT2D eigenvalue weighted by Gasteiger charge is 2.36. The van der Waals surface area contributed by atoms with E-state index in [1.807, 2.05) is 84.9 Å². The number of carbonyl (C=O) groups is 1. The summed E-state index contributed by atoms with van der Waals surface area (Å²) in [5, 5.41) is 29.5. The lowest BCUT2D eigenvalue weighted by Crippen LogP contribution is -2.26. The summed E-state index contributed by atoms with van der Waals surface area (Å²) < 4.78 is 6.36. The molecule has 0 N–H and O–H groups in total. The Morgan fingerprint density at radius 3 is 2.04 bits per heavy atom. The van der Waals surface area contributed by atoms with E-state index >= 15 is 0 Å². The molecule has 7 heteroatoms. The monoisotopic (exact) mass is 595 g/mol. The largest absolute Gasteiger partial charge is 0.488 e. The smallest absolute Gasteiger partial charge is 0.260 e. The number of carbonyl (C=O) groups excluding carboxylic acids is 1. The predicted molar refractivity (Wildman–Crippen MR) is 176 cm³/mol. The van der Waals surface area contributed by atoms with Gasteiger partial charge in [0.25, 0.3) is 5.91 Å². The van der Waals surface area contributed by atoms with Crippen LogP contribution in [-0.2, 0) is 17.9 Å². The normalized spacial score (nSPS) is 12.6. The fourth-order valence-electron chi connectivity index (χ4n) is 5.15. The second-order valence-electron chi connectivity index (χ2n) is 10.7. The lowest BCUT2D eigenvalue weighted by atomic mass is 10.0. The van der Waals surface area contributed by atoms with Crippen LogP contribution in [0.2, 0.25) is 0 Å². The second-order valence-corrected chi connectivity index (χ2v) is 10.7. The van der Waals surface area contributed by atoms with Gasteiger partial charge in [-0.2, -0.15) is 15.8 Å². The summed E-state index contributed by atoms with van der Waals surface area (Å²) in [6.07, 6.45) is 7.72. The van der Waals surface area contributed by atoms with Gasteiger partial charge in [0.05, 0.1) is 23.4 Å². The molecular weight excluding hydrogens is 558 g/mol. The van der Waals surface area contributed by atoms with Crippen molar-refractivity contribution in [2.75, 3.05) is 18.0 Å². The Balaban J connectivity index is 1.74. The van der Waals surface area contributed by atoms with E-state index in [4.69, 9.17) is 4.74 Å². The van der Waals surface area contributed by atoms with Crippen molar-refractivity contribution < 1.29 is 9.53 Å². The molecule has 0 aliphatic carbocycles. The van der Waals surface area contributed by atoms with Crippen molar-refractivity contribution in [3.05, 3.63) is 124 Å². The van der Waals surface area contributed by atoms with Crippen molar-refractivity contribution >= 4 is 17.7 Å². The van der Waals surface area contributed by atoms with E-state index in [9.17, 15) is 20.6 Å². The summed E-state index contributed by atoms with van der Waals surface area (Å²) >= 11 is 0. The minimum absolute atomic E-state index is 0.000962. The quantitative estimate of drug-likeness (QED) is 0.176. The van der Waals surface area contributed by atoms with Crippen LogP contribution in [0.1, 0.15) is 56.2 Å². The molecule has 0 bridgehead atoms. The first-order valence-electron chi connectivity index (χ1n) is 15.3. The third-order valence-electron chi connectivity index (χ3n) is 7.60. The molecule has 7 nitrogen and oxygen atoms in total. The van der Waals surface area contributed by atoms with Crippen molar-refractivity contribution in [1.29, 1.82) is 15.8 Å². The molecule has 1 aliphatic heterocycles. The van der Waals surface area contributed by atoms with Crippen LogP contribution in [0.25, 0.3) is 6.08 Å². The third-order valence-corrected chi connectivity index (χ3v) is 7.60. The first-order valence-corrected chi connectivity index (χ1v) is 15.3. The van der Waals surface area contributed by atoms with Gasteiger partial charge in [0.15, 0.2) is 5.57 Å². The molecule has 0 radical (unpaired) electrons. The first-order chi connectivity index (χ1) is 22.0. The molecule has 1 aliphatic rings. The van der Waals surface area contributed by atoms with Gasteiger partial charge in [-0.1, -0.05) is 93.4 Å². The number of anilines is 1. The maximum Gasteiger partial charge on any atom is 0.260 e. The Bertz CT molecular complexity index is 1680. The maximum absolute atomic E-state index is 13.8. The van der Waals surface area contributed by atoms with Gasteiger partial charge in [0.1, 0.15) is 30.6 Å². The number of unbranched alkanes of at least 4 members (excludes halogenated alkanes) is 2. The Morgan fingerprint density at radius 1 is 0.844 bits per heavy atom. The van der Waals surface area contributed by atoms with E-state index in [-0.39, 0.29) is 29.0 Å². The summed E-state index contributed by atoms with van der Waals surface area (Å²) in [6, 6.07) is 31.1. The van der Waals surface area contributed by atoms with E-state index in [2.05, 4.69) is 30.9 Å². The molecule has 0 saturated heterocycles. The van der Waals surface area contributed by atoms with Crippen LogP contribution in [0.3, 0.4) is 0 Å². The Hall–Kier alpha value is -5.58. The van der Waals surface area contributed by atoms with E-state index in [1.165, 1.54) is 4.90 Å². The van der Waals surface area contributed by atoms with Crippen molar-refractivity contribution in [2.24, 2.45) is 0 Å². The van der Waals surface area contributed by atoms with Gasteiger partial charge in [-0.3, -0.25) is 4.79 Å². The van der Waals surface area contributed by atoms with Gasteiger partial charge in [0, 0.05) is 30.4 Å². The fourth-order valence-corrected chi connectivity index (χ4v) is 5.15. The minimum atomic E-state index is -0.446. The van der Waals surface area contributed by atoms with Crippen LogP contribution >= 0.6 is 0 Å². The molecule has 0 spiro atoms. The average Bonchev–Trinajstić information content (AvgIpc) is 3.34. The highest BCUT2D eigenvalue weighted by atomic mass is 16.5. The minimum Gasteiger partial charge on any atom is -0.488 e. The standard InChI is InChI=1S/C38H37N5O2/c1-3-5-21-42(22-6-4-2)33-19-17-31(36(23-33)45-28-30-15-11-8-12-16-30)18-20-34-35(26-41)37(32(24-39)25-40)43(38(34)44)27-29-13-9-7-10-14-29/h7-20,23H,3-6,21-22,27-28H2,1-2H3/b20-18+. The zero-order valence-corrected chi connectivity index (χ0v) is 25.9. The van der Waals surface area contributed by atoms with E-state index in [0.717, 1.165) is 61.2 Å². The number of rotatable bonds is 14. The highest BCUT2D eigenvalue weighted by molar-refractivity contribution is 6.05. The summed E-state index contributed by atoms with van der Waals surface area (Å²) in [5.41, 5.74) is 3.52. The van der Waals surface area contributed by atoms with Crippen molar-refractivity contribution in [3.8, 4) is 24.0 Å². The highest BCUT2D eigenvalue weighted by Crippen LogP contribution is 2.35. The second kappa shape index (κ2) is 16.3. The van der Waals surface area contributed by atoms with Gasteiger partial charge in [-0.05, 0) is 42.2 Å². The summed E-state index contributed by atoms with van der Waals surface area (Å²) in [7, 11) is 0. The van der Waals surface area contributed by atoms with Gasteiger partial charge in [0.2, 0.25) is 0 Å². The molecule has 0 atom stereocenters. The van der Waals surface area contributed by atoms with Gasteiger partial charge in [-0.15, -0.1) is 0 Å². The van der Waals surface area contributed by atoms with Crippen molar-refractivity contribution in [3.63, 3.8) is 0 Å². The Labute approximate surface area is 266 Å². The molecular formula is C38H37N5O2. The molecule has 0 aromatic heterocycles. The SMILES string of the molecule is CCCCN(CCCC)c1ccc(/C=C/C2=C(C#N)C(=C(C#N)C#N)N(Cc3ccccc3)C2=O)c(OCc2ccccc2)c1. The van der Waals surface area contributed by atoms with Crippen LogP contribution in [0.5, 0.6) is 5.75 Å². The predicted octanol–water partition coefficient (Wildman–Crippen LogP) is 7.85. The number of hydrogen-bond donors (Lipinski definition) is 0. The summed E-state index contributed by atoms with van der Waals surface area (Å²) in [6.45, 7) is 6.76. The van der Waals surface area contributed by atoms with Crippen molar-refractivity contribution in [1.82, 2.24) is 4.90 Å². The molecule has 0 fully saturated rings. The Kier molecular flexibility index (Phi) is 11.7. The lowest BCUT2D eigenvalue weighted by Gasteiger charge is -2.25. The first kappa shape index (κ1) is 32.3. The summed E-state index contributed by atoms with van der Waals surface area (Å²) in [5.74, 6) is 0.208. The van der Waals surface area contributed by atoms with E-state index in [0.29, 0.717) is 12.4 Å². The van der Waals surface area contributed by atoms with Crippen LogP contribution in [0.15, 0.2) is 107 Å². The molecule has 226 valence electrons. The van der Waals surface area contributed by atoms with Gasteiger partial charge < -0.3 is 14.5 Å². The molecule has 3 aromatic rings. The number of hydrogen-bond acceptors (Lipinski definition) is 6. The van der Waals surface area contributed by atoms with E-state index in [1.54, 1.807) is 12.2 Å². The zero-order chi connectivity index (χ0) is 32.0.